The van der Waals surface area contributed by atoms with Crippen molar-refractivity contribution in [2.24, 2.45) is 0 Å². The van der Waals surface area contributed by atoms with Crippen LogP contribution in [0.3, 0.4) is 0 Å². The van der Waals surface area contributed by atoms with Gasteiger partial charge in [-0.25, -0.2) is 4.98 Å². The SMILES string of the molecule is CCN1CCCC(c2ncc3cccc(C=O)n23)C1. The lowest BCUT2D eigenvalue weighted by atomic mass is 9.97. The summed E-state index contributed by atoms with van der Waals surface area (Å²) >= 11 is 0. The zero-order chi connectivity index (χ0) is 13.2. The smallest absolute Gasteiger partial charge is 0.166 e. The molecule has 1 unspecified atom stereocenters. The number of piperidine rings is 1. The monoisotopic (exact) mass is 257 g/mol. The van der Waals surface area contributed by atoms with Crippen LogP contribution in [0.4, 0.5) is 0 Å². The highest BCUT2D eigenvalue weighted by Gasteiger charge is 2.24. The number of imidazole rings is 1. The van der Waals surface area contributed by atoms with Crippen LogP contribution in [0.15, 0.2) is 24.4 Å². The Labute approximate surface area is 113 Å². The highest BCUT2D eigenvalue weighted by molar-refractivity contribution is 5.74. The quantitative estimate of drug-likeness (QED) is 0.792. The molecule has 3 heterocycles. The molecule has 4 nitrogen and oxygen atoms in total. The molecular weight excluding hydrogens is 238 g/mol. The van der Waals surface area contributed by atoms with Gasteiger partial charge in [0.15, 0.2) is 6.29 Å². The minimum Gasteiger partial charge on any atom is -0.303 e. The van der Waals surface area contributed by atoms with E-state index in [4.69, 9.17) is 0 Å². The second-order valence-corrected chi connectivity index (χ2v) is 5.18. The van der Waals surface area contributed by atoms with Crippen LogP contribution in [-0.4, -0.2) is 40.2 Å². The number of rotatable bonds is 3. The van der Waals surface area contributed by atoms with Crippen molar-refractivity contribution in [1.29, 1.82) is 0 Å². The molecule has 0 N–H and O–H groups in total. The van der Waals surface area contributed by atoms with Gasteiger partial charge >= 0.3 is 0 Å². The summed E-state index contributed by atoms with van der Waals surface area (Å²) in [5.41, 5.74) is 1.70. The molecule has 0 aliphatic carbocycles. The zero-order valence-electron chi connectivity index (χ0n) is 11.2. The predicted molar refractivity (Wildman–Crippen MR) is 74.7 cm³/mol. The summed E-state index contributed by atoms with van der Waals surface area (Å²) in [6.45, 7) is 5.50. The molecular formula is C15H19N3O. The van der Waals surface area contributed by atoms with Crippen LogP contribution in [-0.2, 0) is 0 Å². The highest BCUT2D eigenvalue weighted by atomic mass is 16.1. The predicted octanol–water partition coefficient (Wildman–Crippen LogP) is 2.35. The first-order chi connectivity index (χ1) is 9.33. The molecule has 4 heteroatoms. The Bertz CT molecular complexity index is 590. The number of likely N-dealkylation sites (N-methyl/N-ethyl adjacent to an activating group) is 1. The standard InChI is InChI=1S/C15H19N3O/c1-2-17-8-4-5-12(10-17)15-16-9-13-6-3-7-14(11-19)18(13)15/h3,6-7,9,11-12H,2,4-5,8,10H2,1H3. The molecule has 1 aliphatic rings. The van der Waals surface area contributed by atoms with E-state index in [0.717, 1.165) is 37.1 Å². The first kappa shape index (κ1) is 12.4. The summed E-state index contributed by atoms with van der Waals surface area (Å²) in [6, 6.07) is 5.76. The molecule has 0 saturated carbocycles. The Morgan fingerprint density at radius 1 is 1.47 bits per heavy atom. The number of carbonyl (C=O) groups is 1. The molecule has 0 bridgehead atoms. The second-order valence-electron chi connectivity index (χ2n) is 5.18. The van der Waals surface area contributed by atoms with Crippen LogP contribution < -0.4 is 0 Å². The molecule has 0 radical (unpaired) electrons. The third-order valence-electron chi connectivity index (χ3n) is 4.05. The molecule has 3 rings (SSSR count). The van der Waals surface area contributed by atoms with Crippen LogP contribution in [0.1, 0.15) is 42.0 Å². The van der Waals surface area contributed by atoms with Gasteiger partial charge in [0.25, 0.3) is 0 Å². The van der Waals surface area contributed by atoms with Gasteiger partial charge < -0.3 is 4.90 Å². The minimum absolute atomic E-state index is 0.428. The molecule has 2 aromatic heterocycles. The van der Waals surface area contributed by atoms with E-state index in [1.54, 1.807) is 0 Å². The van der Waals surface area contributed by atoms with E-state index in [2.05, 4.69) is 16.8 Å². The van der Waals surface area contributed by atoms with Gasteiger partial charge in [0.05, 0.1) is 17.4 Å². The maximum absolute atomic E-state index is 11.2. The van der Waals surface area contributed by atoms with Crippen LogP contribution >= 0.6 is 0 Å². The Balaban J connectivity index is 2.02. The largest absolute Gasteiger partial charge is 0.303 e. The molecule has 2 aromatic rings. The van der Waals surface area contributed by atoms with E-state index in [9.17, 15) is 4.79 Å². The van der Waals surface area contributed by atoms with Gasteiger partial charge in [-0.3, -0.25) is 9.20 Å². The number of fused-ring (bicyclic) bond motifs is 1. The Kier molecular flexibility index (Phi) is 3.34. The van der Waals surface area contributed by atoms with Crippen molar-refractivity contribution in [3.05, 3.63) is 35.9 Å². The summed E-state index contributed by atoms with van der Waals surface area (Å²) in [7, 11) is 0. The lowest BCUT2D eigenvalue weighted by molar-refractivity contribution is 0.111. The molecule has 1 atom stereocenters. The molecule has 100 valence electrons. The number of hydrogen-bond donors (Lipinski definition) is 0. The van der Waals surface area contributed by atoms with Crippen LogP contribution in [0.5, 0.6) is 0 Å². The molecule has 1 fully saturated rings. The van der Waals surface area contributed by atoms with E-state index < -0.39 is 0 Å². The van der Waals surface area contributed by atoms with Crippen molar-refractivity contribution in [1.82, 2.24) is 14.3 Å². The van der Waals surface area contributed by atoms with E-state index >= 15 is 0 Å². The number of carbonyl (C=O) groups excluding carboxylic acids is 1. The summed E-state index contributed by atoms with van der Waals surface area (Å²) in [5, 5.41) is 0. The minimum atomic E-state index is 0.428. The van der Waals surface area contributed by atoms with E-state index in [-0.39, 0.29) is 0 Å². The van der Waals surface area contributed by atoms with Crippen LogP contribution in [0.25, 0.3) is 5.52 Å². The van der Waals surface area contributed by atoms with Crippen molar-refractivity contribution in [3.63, 3.8) is 0 Å². The Morgan fingerprint density at radius 3 is 3.16 bits per heavy atom. The fourth-order valence-corrected chi connectivity index (χ4v) is 3.03. The fraction of sp³-hybridized carbons (Fsp3) is 0.467. The summed E-state index contributed by atoms with van der Waals surface area (Å²) in [4.78, 5) is 18.2. The second kappa shape index (κ2) is 5.13. The maximum atomic E-state index is 11.2. The number of pyridine rings is 1. The van der Waals surface area contributed by atoms with Crippen LogP contribution in [0, 0.1) is 0 Å². The maximum Gasteiger partial charge on any atom is 0.166 e. The van der Waals surface area contributed by atoms with Crippen molar-refractivity contribution < 1.29 is 4.79 Å². The van der Waals surface area contributed by atoms with E-state index in [0.29, 0.717) is 11.6 Å². The highest BCUT2D eigenvalue weighted by Crippen LogP contribution is 2.27. The van der Waals surface area contributed by atoms with Gasteiger partial charge in [-0.2, -0.15) is 0 Å². The number of nitrogens with zero attached hydrogens (tertiary/aromatic N) is 3. The summed E-state index contributed by atoms with van der Waals surface area (Å²) in [5.74, 6) is 1.47. The molecule has 0 amide bonds. The van der Waals surface area contributed by atoms with Gasteiger partial charge in [0.1, 0.15) is 5.82 Å². The van der Waals surface area contributed by atoms with Gasteiger partial charge in [0.2, 0.25) is 0 Å². The van der Waals surface area contributed by atoms with Crippen molar-refractivity contribution >= 4 is 11.8 Å². The summed E-state index contributed by atoms with van der Waals surface area (Å²) < 4.78 is 2.01. The van der Waals surface area contributed by atoms with E-state index in [1.165, 1.54) is 13.0 Å². The Morgan fingerprint density at radius 2 is 2.37 bits per heavy atom. The van der Waals surface area contributed by atoms with Crippen molar-refractivity contribution in [2.45, 2.75) is 25.7 Å². The molecule has 0 spiro atoms. The number of likely N-dealkylation sites (tertiary alicyclic amines) is 1. The normalized spacial score (nSPS) is 20.8. The Hall–Kier alpha value is -1.68. The molecule has 1 saturated heterocycles. The molecule has 19 heavy (non-hydrogen) atoms. The van der Waals surface area contributed by atoms with Gasteiger partial charge in [-0.05, 0) is 38.1 Å². The first-order valence-corrected chi connectivity index (χ1v) is 6.97. The van der Waals surface area contributed by atoms with Gasteiger partial charge in [-0.1, -0.05) is 13.0 Å². The number of aromatic nitrogens is 2. The third-order valence-corrected chi connectivity index (χ3v) is 4.05. The molecule has 1 aliphatic heterocycles. The third kappa shape index (κ3) is 2.16. The van der Waals surface area contributed by atoms with Crippen molar-refractivity contribution in [3.8, 4) is 0 Å². The van der Waals surface area contributed by atoms with Crippen molar-refractivity contribution in [2.75, 3.05) is 19.6 Å². The average molecular weight is 257 g/mol. The topological polar surface area (TPSA) is 37.6 Å². The van der Waals surface area contributed by atoms with Gasteiger partial charge in [-0.15, -0.1) is 0 Å². The van der Waals surface area contributed by atoms with Gasteiger partial charge in [0, 0.05) is 12.5 Å². The first-order valence-electron chi connectivity index (χ1n) is 6.97. The fourth-order valence-electron chi connectivity index (χ4n) is 3.03. The lowest BCUT2D eigenvalue weighted by Gasteiger charge is -2.31. The van der Waals surface area contributed by atoms with Crippen LogP contribution in [0.2, 0.25) is 0 Å². The number of aldehydes is 1. The lowest BCUT2D eigenvalue weighted by Crippen LogP contribution is -2.34. The average Bonchev–Trinajstić information content (AvgIpc) is 2.91. The summed E-state index contributed by atoms with van der Waals surface area (Å²) in [6.07, 6.45) is 5.14. The zero-order valence-corrected chi connectivity index (χ0v) is 11.2. The number of hydrogen-bond acceptors (Lipinski definition) is 3. The molecule has 0 aromatic carbocycles. The van der Waals surface area contributed by atoms with E-state index in [1.807, 2.05) is 28.8 Å².